The minimum absolute atomic E-state index is 0.361. The summed E-state index contributed by atoms with van der Waals surface area (Å²) in [6.07, 6.45) is 2.67. The molecular weight excluding hydrogens is 231 g/mol. The highest BCUT2D eigenvalue weighted by atomic mass is 19.1. The van der Waals surface area contributed by atoms with Gasteiger partial charge in [-0.15, -0.1) is 0 Å². The Kier molecular flexibility index (Phi) is 2.57. The zero-order valence-electron chi connectivity index (χ0n) is 9.34. The molecule has 0 spiro atoms. The lowest BCUT2D eigenvalue weighted by atomic mass is 10.2. The molecule has 18 heavy (non-hydrogen) atoms. The van der Waals surface area contributed by atoms with E-state index in [9.17, 15) is 4.39 Å². The second-order valence-electron chi connectivity index (χ2n) is 3.73. The van der Waals surface area contributed by atoms with Crippen LogP contribution in [0.15, 0.2) is 48.8 Å². The fourth-order valence-corrected chi connectivity index (χ4v) is 1.67. The molecule has 0 radical (unpaired) electrons. The first-order chi connectivity index (χ1) is 8.84. The molecule has 0 fully saturated rings. The van der Waals surface area contributed by atoms with E-state index in [0.717, 1.165) is 11.8 Å². The third-order valence-electron chi connectivity index (χ3n) is 2.54. The molecular formula is C13H9FN4. The first-order valence-corrected chi connectivity index (χ1v) is 5.42. The van der Waals surface area contributed by atoms with Crippen molar-refractivity contribution in [2.45, 2.75) is 0 Å². The highest BCUT2D eigenvalue weighted by Gasteiger charge is 2.10. The maximum Gasteiger partial charge on any atom is 0.181 e. The number of pyridine rings is 1. The zero-order valence-corrected chi connectivity index (χ0v) is 9.34. The van der Waals surface area contributed by atoms with Crippen LogP contribution < -0.4 is 0 Å². The predicted molar refractivity (Wildman–Crippen MR) is 65.0 cm³/mol. The first kappa shape index (κ1) is 10.6. The van der Waals surface area contributed by atoms with E-state index >= 15 is 0 Å². The summed E-state index contributed by atoms with van der Waals surface area (Å²) in [6.45, 7) is 0. The Morgan fingerprint density at radius 2 is 1.89 bits per heavy atom. The van der Waals surface area contributed by atoms with Crippen LogP contribution in [0.3, 0.4) is 0 Å². The van der Waals surface area contributed by atoms with Crippen LogP contribution in [-0.4, -0.2) is 20.2 Å². The summed E-state index contributed by atoms with van der Waals surface area (Å²) in [5, 5.41) is 6.81. The highest BCUT2D eigenvalue weighted by molar-refractivity contribution is 5.60. The van der Waals surface area contributed by atoms with Gasteiger partial charge in [0.25, 0.3) is 0 Å². The number of nitrogens with one attached hydrogen (secondary N) is 1. The third kappa shape index (κ3) is 1.86. The Morgan fingerprint density at radius 3 is 2.67 bits per heavy atom. The number of hydrogen-bond acceptors (Lipinski definition) is 3. The lowest BCUT2D eigenvalue weighted by Gasteiger charge is -1.96. The quantitative estimate of drug-likeness (QED) is 0.749. The van der Waals surface area contributed by atoms with Crippen LogP contribution in [-0.2, 0) is 0 Å². The molecule has 1 aromatic carbocycles. The molecule has 0 unspecified atom stereocenters. The van der Waals surface area contributed by atoms with Crippen LogP contribution in [0.4, 0.5) is 4.39 Å². The van der Waals surface area contributed by atoms with Crippen molar-refractivity contribution in [2.24, 2.45) is 0 Å². The van der Waals surface area contributed by atoms with Crippen LogP contribution in [0, 0.1) is 5.82 Å². The smallest absolute Gasteiger partial charge is 0.181 e. The summed E-state index contributed by atoms with van der Waals surface area (Å²) < 4.78 is 13.5. The van der Waals surface area contributed by atoms with Crippen molar-refractivity contribution >= 4 is 0 Å². The van der Waals surface area contributed by atoms with Crippen molar-refractivity contribution in [3.05, 3.63) is 54.6 Å². The van der Waals surface area contributed by atoms with E-state index in [1.54, 1.807) is 6.07 Å². The monoisotopic (exact) mass is 240 g/mol. The van der Waals surface area contributed by atoms with Crippen molar-refractivity contribution < 1.29 is 4.39 Å². The molecule has 0 amide bonds. The van der Waals surface area contributed by atoms with Crippen molar-refractivity contribution in [1.29, 1.82) is 0 Å². The molecule has 0 saturated carbocycles. The topological polar surface area (TPSA) is 54.5 Å². The molecule has 0 aliphatic heterocycles. The fourth-order valence-electron chi connectivity index (χ4n) is 1.67. The Balaban J connectivity index is 2.03. The van der Waals surface area contributed by atoms with Gasteiger partial charge in [0.05, 0.1) is 11.8 Å². The second-order valence-corrected chi connectivity index (χ2v) is 3.73. The molecule has 2 aromatic heterocycles. The summed E-state index contributed by atoms with van der Waals surface area (Å²) in [5.41, 5.74) is 1.24. The van der Waals surface area contributed by atoms with E-state index in [1.165, 1.54) is 6.20 Å². The van der Waals surface area contributed by atoms with E-state index in [2.05, 4.69) is 20.2 Å². The molecule has 4 nitrogen and oxygen atoms in total. The molecule has 0 saturated heterocycles. The Bertz CT molecular complexity index is 664. The van der Waals surface area contributed by atoms with Crippen LogP contribution in [0.25, 0.3) is 22.8 Å². The standard InChI is InChI=1S/C13H9FN4/c14-11-8-15-7-6-10(11)13-16-12(17-18-13)9-4-2-1-3-5-9/h1-8H,(H,16,17,18). The van der Waals surface area contributed by atoms with Crippen LogP contribution >= 0.6 is 0 Å². The van der Waals surface area contributed by atoms with Gasteiger partial charge in [0.2, 0.25) is 0 Å². The average Bonchev–Trinajstić information content (AvgIpc) is 2.90. The molecule has 0 atom stereocenters. The molecule has 2 heterocycles. The largest absolute Gasteiger partial charge is 0.262 e. The van der Waals surface area contributed by atoms with Gasteiger partial charge in [-0.3, -0.25) is 10.1 Å². The van der Waals surface area contributed by atoms with Gasteiger partial charge in [0, 0.05) is 11.8 Å². The summed E-state index contributed by atoms with van der Waals surface area (Å²) in [4.78, 5) is 7.98. The van der Waals surface area contributed by atoms with Gasteiger partial charge in [-0.25, -0.2) is 9.37 Å². The van der Waals surface area contributed by atoms with Crippen molar-refractivity contribution in [2.75, 3.05) is 0 Å². The summed E-state index contributed by atoms with van der Waals surface area (Å²) in [7, 11) is 0. The van der Waals surface area contributed by atoms with Crippen molar-refractivity contribution in [3.8, 4) is 22.8 Å². The van der Waals surface area contributed by atoms with Gasteiger partial charge in [-0.2, -0.15) is 5.10 Å². The molecule has 88 valence electrons. The van der Waals surface area contributed by atoms with Crippen molar-refractivity contribution in [1.82, 2.24) is 20.2 Å². The number of halogens is 1. The summed E-state index contributed by atoms with van der Waals surface area (Å²) in [5.74, 6) is 0.517. The highest BCUT2D eigenvalue weighted by Crippen LogP contribution is 2.21. The van der Waals surface area contributed by atoms with E-state index in [0.29, 0.717) is 17.2 Å². The number of H-pyrrole nitrogens is 1. The summed E-state index contributed by atoms with van der Waals surface area (Å²) in [6, 6.07) is 11.1. The Hall–Kier alpha value is -2.56. The minimum atomic E-state index is -0.423. The SMILES string of the molecule is Fc1cnccc1-c1nc(-c2ccccc2)n[nH]1. The average molecular weight is 240 g/mol. The molecule has 0 aliphatic carbocycles. The maximum atomic E-state index is 13.5. The van der Waals surface area contributed by atoms with Crippen LogP contribution in [0.5, 0.6) is 0 Å². The molecule has 3 rings (SSSR count). The van der Waals surface area contributed by atoms with Crippen LogP contribution in [0.2, 0.25) is 0 Å². The van der Waals surface area contributed by atoms with Gasteiger partial charge < -0.3 is 0 Å². The number of benzene rings is 1. The second kappa shape index (κ2) is 4.37. The number of aromatic nitrogens is 4. The predicted octanol–water partition coefficient (Wildman–Crippen LogP) is 2.67. The molecule has 0 bridgehead atoms. The lowest BCUT2D eigenvalue weighted by molar-refractivity contribution is 0.623. The van der Waals surface area contributed by atoms with Gasteiger partial charge in [0.15, 0.2) is 17.5 Å². The zero-order chi connectivity index (χ0) is 12.4. The van der Waals surface area contributed by atoms with Gasteiger partial charge >= 0.3 is 0 Å². The van der Waals surface area contributed by atoms with Crippen molar-refractivity contribution in [3.63, 3.8) is 0 Å². The Labute approximate surface area is 103 Å². The number of aromatic amines is 1. The molecule has 1 N–H and O–H groups in total. The molecule has 0 aliphatic rings. The molecule has 3 aromatic rings. The van der Waals surface area contributed by atoms with E-state index in [-0.39, 0.29) is 0 Å². The fraction of sp³-hybridized carbons (Fsp3) is 0. The Morgan fingerprint density at radius 1 is 1.06 bits per heavy atom. The summed E-state index contributed by atoms with van der Waals surface area (Å²) >= 11 is 0. The normalized spacial score (nSPS) is 10.5. The van der Waals surface area contributed by atoms with Gasteiger partial charge in [-0.1, -0.05) is 30.3 Å². The minimum Gasteiger partial charge on any atom is -0.262 e. The molecule has 5 heteroatoms. The lowest BCUT2D eigenvalue weighted by Crippen LogP contribution is -1.87. The maximum absolute atomic E-state index is 13.5. The van der Waals surface area contributed by atoms with E-state index in [4.69, 9.17) is 0 Å². The van der Waals surface area contributed by atoms with E-state index in [1.807, 2.05) is 30.3 Å². The van der Waals surface area contributed by atoms with Gasteiger partial charge in [0.1, 0.15) is 0 Å². The van der Waals surface area contributed by atoms with E-state index < -0.39 is 5.82 Å². The van der Waals surface area contributed by atoms with Gasteiger partial charge in [-0.05, 0) is 6.07 Å². The third-order valence-corrected chi connectivity index (χ3v) is 2.54. The van der Waals surface area contributed by atoms with Crippen LogP contribution in [0.1, 0.15) is 0 Å². The number of rotatable bonds is 2. The first-order valence-electron chi connectivity index (χ1n) is 5.42. The number of hydrogen-bond donors (Lipinski definition) is 1. The number of nitrogens with zero attached hydrogens (tertiary/aromatic N) is 3.